The zero-order valence-electron chi connectivity index (χ0n) is 10.6. The van der Waals surface area contributed by atoms with Crippen molar-refractivity contribution in [1.29, 1.82) is 0 Å². The minimum Gasteiger partial charge on any atom is -0.311 e. The van der Waals surface area contributed by atoms with Gasteiger partial charge < -0.3 is 5.32 Å². The highest BCUT2D eigenvalue weighted by atomic mass is 32.2. The van der Waals surface area contributed by atoms with E-state index in [1.165, 1.54) is 0 Å². The summed E-state index contributed by atoms with van der Waals surface area (Å²) in [7, 11) is -2.83. The third-order valence-electron chi connectivity index (χ3n) is 3.40. The van der Waals surface area contributed by atoms with Crippen LogP contribution in [0.5, 0.6) is 0 Å². The van der Waals surface area contributed by atoms with Gasteiger partial charge in [-0.25, -0.2) is 8.42 Å². The third kappa shape index (κ3) is 4.03. The van der Waals surface area contributed by atoms with E-state index in [2.05, 4.69) is 24.1 Å². The van der Waals surface area contributed by atoms with Gasteiger partial charge in [0, 0.05) is 37.5 Å². The molecule has 0 bridgehead atoms. The first-order valence-electron chi connectivity index (χ1n) is 6.16. The van der Waals surface area contributed by atoms with Gasteiger partial charge in [0.15, 0.2) is 9.84 Å². The molecule has 5 heteroatoms. The fourth-order valence-corrected chi connectivity index (χ4v) is 2.78. The fraction of sp³-hybridized carbons (Fsp3) is 1.00. The lowest BCUT2D eigenvalue weighted by atomic mass is 10.1. The maximum absolute atomic E-state index is 11.5. The molecule has 1 heterocycles. The molecule has 0 aliphatic carbocycles. The molecule has 1 fully saturated rings. The van der Waals surface area contributed by atoms with Crippen LogP contribution in [0.15, 0.2) is 0 Å². The highest BCUT2D eigenvalue weighted by Gasteiger charge is 2.24. The van der Waals surface area contributed by atoms with Crippen molar-refractivity contribution in [3.8, 4) is 0 Å². The van der Waals surface area contributed by atoms with Crippen LogP contribution in [0.3, 0.4) is 0 Å². The lowest BCUT2D eigenvalue weighted by Crippen LogP contribution is -2.56. The second kappa shape index (κ2) is 5.98. The molecule has 4 nitrogen and oxygen atoms in total. The summed E-state index contributed by atoms with van der Waals surface area (Å²) in [6.07, 6.45) is 1.10. The number of nitrogens with zero attached hydrogens (tertiary/aromatic N) is 1. The minimum atomic E-state index is -2.83. The molecule has 1 saturated heterocycles. The fourth-order valence-electron chi connectivity index (χ4n) is 1.98. The molecular formula is C11H24N2O2S. The molecule has 2 atom stereocenters. The van der Waals surface area contributed by atoms with E-state index in [1.807, 2.05) is 0 Å². The first-order chi connectivity index (χ1) is 7.48. The summed E-state index contributed by atoms with van der Waals surface area (Å²) in [5.41, 5.74) is 0. The molecule has 1 aliphatic heterocycles. The van der Waals surface area contributed by atoms with Gasteiger partial charge in [-0.1, -0.05) is 13.8 Å². The summed E-state index contributed by atoms with van der Waals surface area (Å²) >= 11 is 0. The van der Waals surface area contributed by atoms with Gasteiger partial charge >= 0.3 is 0 Å². The lowest BCUT2D eigenvalue weighted by Gasteiger charge is -2.38. The Balaban J connectivity index is 2.45. The molecule has 0 saturated carbocycles. The number of hydrogen-bond donors (Lipinski definition) is 1. The van der Waals surface area contributed by atoms with Crippen LogP contribution in [0.4, 0.5) is 0 Å². The molecule has 0 aromatic heterocycles. The van der Waals surface area contributed by atoms with Gasteiger partial charge in [0.1, 0.15) is 0 Å². The molecule has 2 unspecified atom stereocenters. The van der Waals surface area contributed by atoms with Gasteiger partial charge in [0.05, 0.1) is 5.75 Å². The van der Waals surface area contributed by atoms with E-state index in [9.17, 15) is 8.42 Å². The quantitative estimate of drug-likeness (QED) is 0.769. The summed E-state index contributed by atoms with van der Waals surface area (Å²) < 4.78 is 22.9. The van der Waals surface area contributed by atoms with Crippen molar-refractivity contribution in [3.05, 3.63) is 0 Å². The van der Waals surface area contributed by atoms with Crippen molar-refractivity contribution in [1.82, 2.24) is 10.2 Å². The van der Waals surface area contributed by atoms with Crippen LogP contribution in [0.25, 0.3) is 0 Å². The molecule has 0 aromatic carbocycles. The molecule has 96 valence electrons. The maximum Gasteiger partial charge on any atom is 0.151 e. The SMILES string of the molecule is CCC1CN(CCS(=O)(=O)CC)C(C)CN1. The van der Waals surface area contributed by atoms with Crippen molar-refractivity contribution in [3.63, 3.8) is 0 Å². The number of sulfone groups is 1. The summed E-state index contributed by atoms with van der Waals surface area (Å²) in [5, 5.41) is 3.47. The monoisotopic (exact) mass is 248 g/mol. The van der Waals surface area contributed by atoms with Crippen LogP contribution in [0.1, 0.15) is 27.2 Å². The van der Waals surface area contributed by atoms with Crippen LogP contribution in [-0.4, -0.2) is 56.5 Å². The first-order valence-corrected chi connectivity index (χ1v) is 7.98. The lowest BCUT2D eigenvalue weighted by molar-refractivity contribution is 0.147. The standard InChI is InChI=1S/C11H24N2O2S/c1-4-11-9-13(10(3)8-12-11)6-7-16(14,15)5-2/h10-12H,4-9H2,1-3H3. The second-order valence-electron chi connectivity index (χ2n) is 4.59. The number of hydrogen-bond acceptors (Lipinski definition) is 4. The van der Waals surface area contributed by atoms with Gasteiger partial charge in [-0.05, 0) is 13.3 Å². The van der Waals surface area contributed by atoms with Crippen molar-refractivity contribution in [2.45, 2.75) is 39.3 Å². The molecule has 1 rings (SSSR count). The number of nitrogens with one attached hydrogen (secondary N) is 1. The van der Waals surface area contributed by atoms with E-state index >= 15 is 0 Å². The Morgan fingerprint density at radius 1 is 1.38 bits per heavy atom. The Bertz CT molecular complexity index is 303. The van der Waals surface area contributed by atoms with Crippen LogP contribution >= 0.6 is 0 Å². The van der Waals surface area contributed by atoms with Gasteiger partial charge in [-0.3, -0.25) is 4.90 Å². The van der Waals surface area contributed by atoms with Gasteiger partial charge in [0.25, 0.3) is 0 Å². The summed E-state index contributed by atoms with van der Waals surface area (Å²) in [4.78, 5) is 2.29. The summed E-state index contributed by atoms with van der Waals surface area (Å²) in [5.74, 6) is 0.551. The van der Waals surface area contributed by atoms with E-state index in [-0.39, 0.29) is 5.75 Å². The molecule has 0 spiro atoms. The van der Waals surface area contributed by atoms with E-state index in [1.54, 1.807) is 6.92 Å². The second-order valence-corrected chi connectivity index (χ2v) is 7.07. The normalized spacial score (nSPS) is 28.2. The van der Waals surface area contributed by atoms with Crippen molar-refractivity contribution < 1.29 is 8.42 Å². The van der Waals surface area contributed by atoms with E-state index < -0.39 is 9.84 Å². The van der Waals surface area contributed by atoms with Crippen molar-refractivity contribution in [2.75, 3.05) is 31.1 Å². The Labute approximate surface area is 99.3 Å². The van der Waals surface area contributed by atoms with E-state index in [0.29, 0.717) is 24.4 Å². The third-order valence-corrected chi connectivity index (χ3v) is 5.09. The largest absolute Gasteiger partial charge is 0.311 e. The minimum absolute atomic E-state index is 0.255. The molecule has 16 heavy (non-hydrogen) atoms. The predicted octanol–water partition coefficient (Wildman–Crippen LogP) is 0.493. The summed E-state index contributed by atoms with van der Waals surface area (Å²) in [6, 6.07) is 0.954. The zero-order chi connectivity index (χ0) is 12.2. The Morgan fingerprint density at radius 3 is 2.62 bits per heavy atom. The van der Waals surface area contributed by atoms with Gasteiger partial charge in [0.2, 0.25) is 0 Å². The Morgan fingerprint density at radius 2 is 2.06 bits per heavy atom. The first kappa shape index (κ1) is 13.9. The number of piperazine rings is 1. The van der Waals surface area contributed by atoms with Crippen LogP contribution in [0.2, 0.25) is 0 Å². The van der Waals surface area contributed by atoms with Gasteiger partial charge in [-0.15, -0.1) is 0 Å². The van der Waals surface area contributed by atoms with Gasteiger partial charge in [-0.2, -0.15) is 0 Å². The molecular weight excluding hydrogens is 224 g/mol. The molecule has 1 aliphatic rings. The van der Waals surface area contributed by atoms with E-state index in [4.69, 9.17) is 0 Å². The Kier molecular flexibility index (Phi) is 5.21. The van der Waals surface area contributed by atoms with Crippen LogP contribution < -0.4 is 5.32 Å². The van der Waals surface area contributed by atoms with Crippen LogP contribution in [-0.2, 0) is 9.84 Å². The van der Waals surface area contributed by atoms with Crippen LogP contribution in [0, 0.1) is 0 Å². The van der Waals surface area contributed by atoms with Crippen molar-refractivity contribution >= 4 is 9.84 Å². The highest BCUT2D eigenvalue weighted by molar-refractivity contribution is 7.91. The topological polar surface area (TPSA) is 49.4 Å². The smallest absolute Gasteiger partial charge is 0.151 e. The molecule has 0 amide bonds. The average molecular weight is 248 g/mol. The van der Waals surface area contributed by atoms with E-state index in [0.717, 1.165) is 19.5 Å². The Hall–Kier alpha value is -0.130. The molecule has 1 N–H and O–H groups in total. The molecule has 0 aromatic rings. The zero-order valence-corrected chi connectivity index (χ0v) is 11.4. The molecule has 0 radical (unpaired) electrons. The number of rotatable bonds is 5. The highest BCUT2D eigenvalue weighted by Crippen LogP contribution is 2.09. The average Bonchev–Trinajstić information content (AvgIpc) is 2.28. The summed E-state index contributed by atoms with van der Waals surface area (Å²) in [6.45, 7) is 8.63. The van der Waals surface area contributed by atoms with Crippen molar-refractivity contribution in [2.24, 2.45) is 0 Å². The maximum atomic E-state index is 11.5. The predicted molar refractivity (Wildman–Crippen MR) is 67.4 cm³/mol.